The fraction of sp³-hybridized carbons (Fsp3) is 0.737. The van der Waals surface area contributed by atoms with Crippen LogP contribution in [0.15, 0.2) is 6.20 Å². The van der Waals surface area contributed by atoms with Gasteiger partial charge in [0.1, 0.15) is 0 Å². The van der Waals surface area contributed by atoms with Gasteiger partial charge in [0.15, 0.2) is 5.82 Å². The van der Waals surface area contributed by atoms with Gasteiger partial charge in [0.2, 0.25) is 11.9 Å². The lowest BCUT2D eigenvalue weighted by molar-refractivity contribution is -0.133. The minimum Gasteiger partial charge on any atom is -0.351 e. The third-order valence-corrected chi connectivity index (χ3v) is 5.92. The lowest BCUT2D eigenvalue weighted by Gasteiger charge is -2.33. The van der Waals surface area contributed by atoms with Crippen LogP contribution in [0.5, 0.6) is 0 Å². The molecule has 1 aliphatic heterocycles. The standard InChI is InChI=1S/C19H28FN5O/c20-16-10-22-19(23-15-7-5-14(21)6-8-15)24-17(16)13-2-1-9-25(11-13)18(26)12-3-4-12/h10,12-15H,1-9,11,21H2,(H,22,23,24)/t13?,14-,15-. The lowest BCUT2D eigenvalue weighted by Crippen LogP contribution is -2.40. The van der Waals surface area contributed by atoms with Crippen molar-refractivity contribution >= 4 is 11.9 Å². The maximum atomic E-state index is 14.4. The molecule has 6 nitrogen and oxygen atoms in total. The van der Waals surface area contributed by atoms with Crippen LogP contribution in [0.25, 0.3) is 0 Å². The molecule has 0 spiro atoms. The Hall–Kier alpha value is -1.76. The second-order valence-corrected chi connectivity index (χ2v) is 8.08. The van der Waals surface area contributed by atoms with Gasteiger partial charge in [-0.3, -0.25) is 4.79 Å². The van der Waals surface area contributed by atoms with Gasteiger partial charge in [-0.1, -0.05) is 0 Å². The molecular weight excluding hydrogens is 333 g/mol. The van der Waals surface area contributed by atoms with Crippen LogP contribution < -0.4 is 11.1 Å². The van der Waals surface area contributed by atoms with Crippen molar-refractivity contribution in [3.05, 3.63) is 17.7 Å². The molecule has 0 radical (unpaired) electrons. The number of carbonyl (C=O) groups excluding carboxylic acids is 1. The molecule has 0 aromatic carbocycles. The Bertz CT molecular complexity index is 657. The first-order valence-electron chi connectivity index (χ1n) is 9.93. The van der Waals surface area contributed by atoms with Crippen molar-refractivity contribution < 1.29 is 9.18 Å². The van der Waals surface area contributed by atoms with Gasteiger partial charge in [-0.15, -0.1) is 0 Å². The highest BCUT2D eigenvalue weighted by molar-refractivity contribution is 5.81. The predicted molar refractivity (Wildman–Crippen MR) is 97.1 cm³/mol. The second-order valence-electron chi connectivity index (χ2n) is 8.08. The maximum Gasteiger partial charge on any atom is 0.225 e. The summed E-state index contributed by atoms with van der Waals surface area (Å²) in [6.45, 7) is 1.35. The number of nitrogens with one attached hydrogen (secondary N) is 1. The molecule has 26 heavy (non-hydrogen) atoms. The molecule has 142 valence electrons. The van der Waals surface area contributed by atoms with Crippen molar-refractivity contribution in [2.24, 2.45) is 11.7 Å². The largest absolute Gasteiger partial charge is 0.351 e. The van der Waals surface area contributed by atoms with Gasteiger partial charge in [-0.25, -0.2) is 14.4 Å². The van der Waals surface area contributed by atoms with Crippen molar-refractivity contribution in [3.8, 4) is 0 Å². The summed E-state index contributed by atoms with van der Waals surface area (Å²) in [5.74, 6) is 0.522. The minimum absolute atomic E-state index is 0.0465. The fourth-order valence-corrected chi connectivity index (χ4v) is 4.17. The molecule has 2 heterocycles. The first-order valence-corrected chi connectivity index (χ1v) is 9.93. The monoisotopic (exact) mass is 361 g/mol. The number of anilines is 1. The average Bonchev–Trinajstić information content (AvgIpc) is 3.50. The summed E-state index contributed by atoms with van der Waals surface area (Å²) in [4.78, 5) is 22.9. The van der Waals surface area contributed by atoms with E-state index in [1.54, 1.807) is 0 Å². The van der Waals surface area contributed by atoms with E-state index >= 15 is 0 Å². The van der Waals surface area contributed by atoms with Crippen LogP contribution in [-0.2, 0) is 4.79 Å². The number of carbonyl (C=O) groups is 1. The molecule has 1 aromatic heterocycles. The quantitative estimate of drug-likeness (QED) is 0.860. The molecule has 3 N–H and O–H groups in total. The van der Waals surface area contributed by atoms with Crippen LogP contribution in [0.2, 0.25) is 0 Å². The third kappa shape index (κ3) is 3.98. The van der Waals surface area contributed by atoms with Crippen LogP contribution >= 0.6 is 0 Å². The van der Waals surface area contributed by atoms with Gasteiger partial charge in [-0.05, 0) is 51.4 Å². The van der Waals surface area contributed by atoms with Crippen molar-refractivity contribution in [1.29, 1.82) is 0 Å². The number of aromatic nitrogens is 2. The number of hydrogen-bond acceptors (Lipinski definition) is 5. The zero-order valence-electron chi connectivity index (χ0n) is 15.2. The van der Waals surface area contributed by atoms with Crippen molar-refractivity contribution in [3.63, 3.8) is 0 Å². The summed E-state index contributed by atoms with van der Waals surface area (Å²) >= 11 is 0. The number of likely N-dealkylation sites (tertiary alicyclic amines) is 1. The van der Waals surface area contributed by atoms with Gasteiger partial charge in [0.25, 0.3) is 0 Å². The van der Waals surface area contributed by atoms with E-state index in [4.69, 9.17) is 5.73 Å². The van der Waals surface area contributed by atoms with E-state index < -0.39 is 0 Å². The fourth-order valence-electron chi connectivity index (χ4n) is 4.17. The first-order chi connectivity index (χ1) is 12.6. The van der Waals surface area contributed by atoms with Crippen LogP contribution in [0.4, 0.5) is 10.3 Å². The van der Waals surface area contributed by atoms with Gasteiger partial charge in [0.05, 0.1) is 11.9 Å². The summed E-state index contributed by atoms with van der Waals surface area (Å²) in [6, 6.07) is 0.586. The molecule has 2 saturated carbocycles. The summed E-state index contributed by atoms with van der Waals surface area (Å²) in [5, 5.41) is 3.35. The van der Waals surface area contributed by atoms with Crippen LogP contribution in [0.1, 0.15) is 63.0 Å². The van der Waals surface area contributed by atoms with E-state index in [9.17, 15) is 9.18 Å². The average molecular weight is 361 g/mol. The number of rotatable bonds is 4. The molecule has 1 saturated heterocycles. The van der Waals surface area contributed by atoms with Gasteiger partial charge >= 0.3 is 0 Å². The van der Waals surface area contributed by atoms with E-state index in [0.29, 0.717) is 24.2 Å². The molecule has 7 heteroatoms. The van der Waals surface area contributed by atoms with Gasteiger partial charge in [-0.2, -0.15) is 0 Å². The van der Waals surface area contributed by atoms with Crippen LogP contribution in [0.3, 0.4) is 0 Å². The highest BCUT2D eigenvalue weighted by Gasteiger charge is 2.36. The molecule has 3 fully saturated rings. The Kier molecular flexibility index (Phi) is 5.07. The van der Waals surface area contributed by atoms with E-state index in [2.05, 4.69) is 15.3 Å². The zero-order chi connectivity index (χ0) is 18.1. The summed E-state index contributed by atoms with van der Waals surface area (Å²) in [5.41, 5.74) is 6.40. The molecular formula is C19H28FN5O. The molecule has 2 aliphatic carbocycles. The number of halogens is 1. The number of nitrogens with zero attached hydrogens (tertiary/aromatic N) is 3. The zero-order valence-corrected chi connectivity index (χ0v) is 15.2. The molecule has 0 bridgehead atoms. The number of piperidine rings is 1. The van der Waals surface area contributed by atoms with Gasteiger partial charge < -0.3 is 16.0 Å². The second kappa shape index (κ2) is 7.47. The number of amides is 1. The predicted octanol–water partition coefficient (Wildman–Crippen LogP) is 2.41. The number of nitrogens with two attached hydrogens (primary N) is 1. The minimum atomic E-state index is -0.369. The molecule has 1 unspecified atom stereocenters. The van der Waals surface area contributed by atoms with Crippen molar-refractivity contribution in [2.75, 3.05) is 18.4 Å². The number of hydrogen-bond donors (Lipinski definition) is 2. The van der Waals surface area contributed by atoms with Crippen LogP contribution in [-0.4, -0.2) is 45.9 Å². The van der Waals surface area contributed by atoms with E-state index in [-0.39, 0.29) is 29.6 Å². The SMILES string of the molecule is N[C@H]1CC[C@H](Nc2ncc(F)c(C3CCCN(C(=O)C4CC4)C3)n2)CC1. The maximum absolute atomic E-state index is 14.4. The normalized spacial score (nSPS) is 29.5. The molecule has 3 aliphatic rings. The Balaban J connectivity index is 1.44. The highest BCUT2D eigenvalue weighted by atomic mass is 19.1. The molecule has 1 atom stereocenters. The smallest absolute Gasteiger partial charge is 0.225 e. The van der Waals surface area contributed by atoms with Crippen molar-refractivity contribution in [2.45, 2.75) is 69.4 Å². The molecule has 1 amide bonds. The Morgan fingerprint density at radius 3 is 2.69 bits per heavy atom. The summed E-state index contributed by atoms with van der Waals surface area (Å²) < 4.78 is 14.4. The topological polar surface area (TPSA) is 84.1 Å². The van der Waals surface area contributed by atoms with Crippen LogP contribution in [0, 0.1) is 11.7 Å². The molecule has 1 aromatic rings. The summed E-state index contributed by atoms with van der Waals surface area (Å²) in [7, 11) is 0. The van der Waals surface area contributed by atoms with E-state index in [1.165, 1.54) is 6.20 Å². The first kappa shape index (κ1) is 17.6. The van der Waals surface area contributed by atoms with E-state index in [0.717, 1.165) is 57.9 Å². The van der Waals surface area contributed by atoms with E-state index in [1.807, 2.05) is 4.90 Å². The Labute approximate surface area is 153 Å². The van der Waals surface area contributed by atoms with Crippen molar-refractivity contribution in [1.82, 2.24) is 14.9 Å². The Morgan fingerprint density at radius 2 is 1.96 bits per heavy atom. The van der Waals surface area contributed by atoms with Gasteiger partial charge in [0, 0.05) is 37.0 Å². The highest BCUT2D eigenvalue weighted by Crippen LogP contribution is 2.34. The molecule has 4 rings (SSSR count). The Morgan fingerprint density at radius 1 is 1.19 bits per heavy atom. The summed E-state index contributed by atoms with van der Waals surface area (Å²) in [6.07, 6.45) is 8.99. The third-order valence-electron chi connectivity index (χ3n) is 5.92. The lowest BCUT2D eigenvalue weighted by atomic mass is 9.92.